The molecule has 21 heavy (non-hydrogen) atoms. The van der Waals surface area contributed by atoms with E-state index in [2.05, 4.69) is 19.2 Å². The summed E-state index contributed by atoms with van der Waals surface area (Å²) in [5.41, 5.74) is -0.821. The molecule has 0 atom stereocenters. The summed E-state index contributed by atoms with van der Waals surface area (Å²) in [6.07, 6.45) is 8.72. The van der Waals surface area contributed by atoms with Crippen LogP contribution in [0.1, 0.15) is 78.1 Å². The van der Waals surface area contributed by atoms with Gasteiger partial charge < -0.3 is 10.4 Å². The van der Waals surface area contributed by atoms with Crippen LogP contribution < -0.4 is 5.32 Å². The summed E-state index contributed by atoms with van der Waals surface area (Å²) >= 11 is 0. The molecule has 4 heteroatoms. The first-order valence-corrected chi connectivity index (χ1v) is 8.46. The topological polar surface area (TPSA) is 66.4 Å². The zero-order valence-electron chi connectivity index (χ0n) is 13.6. The molecule has 4 nitrogen and oxygen atoms in total. The number of hydrogen-bond acceptors (Lipinski definition) is 2. The van der Waals surface area contributed by atoms with Gasteiger partial charge in [-0.25, -0.2) is 0 Å². The number of hydrogen-bond donors (Lipinski definition) is 2. The van der Waals surface area contributed by atoms with Gasteiger partial charge in [0.25, 0.3) is 0 Å². The van der Waals surface area contributed by atoms with E-state index in [1.807, 2.05) is 0 Å². The second-order valence-electron chi connectivity index (χ2n) is 6.92. The Labute approximate surface area is 128 Å². The number of carboxylic acid groups (broad SMARTS) is 1. The summed E-state index contributed by atoms with van der Waals surface area (Å²) in [5.74, 6) is -0.190. The SMILES string of the molecule is CC(C)CCCCNC(=O)CC1(C(=O)O)CCCCCC1. The van der Waals surface area contributed by atoms with Gasteiger partial charge in [0.05, 0.1) is 5.41 Å². The number of carbonyl (C=O) groups is 2. The van der Waals surface area contributed by atoms with Gasteiger partial charge in [-0.1, -0.05) is 52.4 Å². The van der Waals surface area contributed by atoms with Crippen molar-refractivity contribution in [3.63, 3.8) is 0 Å². The molecule has 1 rings (SSSR count). The molecule has 0 aromatic heterocycles. The highest BCUT2D eigenvalue weighted by atomic mass is 16.4. The molecule has 1 fully saturated rings. The molecular formula is C17H31NO3. The van der Waals surface area contributed by atoms with Crippen molar-refractivity contribution in [2.75, 3.05) is 6.54 Å². The van der Waals surface area contributed by atoms with Crippen LogP contribution in [0.3, 0.4) is 0 Å². The molecule has 0 heterocycles. The maximum atomic E-state index is 12.1. The van der Waals surface area contributed by atoms with E-state index < -0.39 is 11.4 Å². The summed E-state index contributed by atoms with van der Waals surface area (Å²) < 4.78 is 0. The third kappa shape index (κ3) is 6.49. The molecule has 1 amide bonds. The van der Waals surface area contributed by atoms with Crippen LogP contribution in [0.2, 0.25) is 0 Å². The maximum Gasteiger partial charge on any atom is 0.310 e. The molecule has 0 aromatic carbocycles. The fourth-order valence-corrected chi connectivity index (χ4v) is 3.15. The monoisotopic (exact) mass is 297 g/mol. The Morgan fingerprint density at radius 1 is 1.10 bits per heavy atom. The zero-order chi connectivity index (χ0) is 15.7. The van der Waals surface area contributed by atoms with E-state index in [1.165, 1.54) is 6.42 Å². The molecule has 0 saturated heterocycles. The molecule has 1 aliphatic rings. The van der Waals surface area contributed by atoms with Crippen molar-refractivity contribution < 1.29 is 14.7 Å². The van der Waals surface area contributed by atoms with Crippen LogP contribution in [-0.4, -0.2) is 23.5 Å². The number of rotatable bonds is 8. The molecule has 0 aromatic rings. The molecule has 0 aliphatic heterocycles. The second kappa shape index (κ2) is 9.06. The van der Waals surface area contributed by atoms with E-state index in [4.69, 9.17) is 0 Å². The van der Waals surface area contributed by atoms with E-state index in [1.54, 1.807) is 0 Å². The van der Waals surface area contributed by atoms with Crippen LogP contribution in [0.15, 0.2) is 0 Å². The van der Waals surface area contributed by atoms with Gasteiger partial charge in [-0.05, 0) is 25.2 Å². The van der Waals surface area contributed by atoms with Gasteiger partial charge in [0.15, 0.2) is 0 Å². The summed E-state index contributed by atoms with van der Waals surface area (Å²) in [4.78, 5) is 23.7. The van der Waals surface area contributed by atoms with E-state index in [0.29, 0.717) is 25.3 Å². The summed E-state index contributed by atoms with van der Waals surface area (Å²) in [6, 6.07) is 0. The fraction of sp³-hybridized carbons (Fsp3) is 0.882. The van der Waals surface area contributed by atoms with Crippen LogP contribution in [0.5, 0.6) is 0 Å². The lowest BCUT2D eigenvalue weighted by Crippen LogP contribution is -2.37. The first-order valence-electron chi connectivity index (χ1n) is 8.46. The quantitative estimate of drug-likeness (QED) is 0.530. The van der Waals surface area contributed by atoms with Crippen molar-refractivity contribution in [3.05, 3.63) is 0 Å². The van der Waals surface area contributed by atoms with E-state index in [0.717, 1.165) is 38.5 Å². The normalized spacial score (nSPS) is 18.2. The van der Waals surface area contributed by atoms with Crippen LogP contribution in [-0.2, 0) is 9.59 Å². The lowest BCUT2D eigenvalue weighted by atomic mass is 9.77. The molecule has 0 bridgehead atoms. The smallest absolute Gasteiger partial charge is 0.310 e. The molecule has 1 aliphatic carbocycles. The summed E-state index contributed by atoms with van der Waals surface area (Å²) in [6.45, 7) is 5.06. The van der Waals surface area contributed by atoms with Gasteiger partial charge in [-0.3, -0.25) is 9.59 Å². The maximum absolute atomic E-state index is 12.1. The van der Waals surface area contributed by atoms with Gasteiger partial charge in [-0.2, -0.15) is 0 Å². The Balaban J connectivity index is 2.37. The molecular weight excluding hydrogens is 266 g/mol. The molecule has 1 saturated carbocycles. The van der Waals surface area contributed by atoms with Crippen molar-refractivity contribution in [3.8, 4) is 0 Å². The van der Waals surface area contributed by atoms with Crippen molar-refractivity contribution in [1.82, 2.24) is 5.32 Å². The average Bonchev–Trinajstić information content (AvgIpc) is 2.64. The van der Waals surface area contributed by atoms with Gasteiger partial charge in [0.2, 0.25) is 5.91 Å². The van der Waals surface area contributed by atoms with Crippen molar-refractivity contribution in [2.45, 2.75) is 78.1 Å². The first kappa shape index (κ1) is 18.0. The van der Waals surface area contributed by atoms with Crippen molar-refractivity contribution in [1.29, 1.82) is 0 Å². The van der Waals surface area contributed by atoms with Crippen LogP contribution in [0, 0.1) is 11.3 Å². The average molecular weight is 297 g/mol. The standard InChI is InChI=1S/C17H31NO3/c1-14(2)9-5-8-12-18-15(19)13-17(16(20)21)10-6-3-4-7-11-17/h14H,3-13H2,1-2H3,(H,18,19)(H,20,21). The van der Waals surface area contributed by atoms with E-state index in [9.17, 15) is 14.7 Å². The summed E-state index contributed by atoms with van der Waals surface area (Å²) in [5, 5.41) is 12.5. The number of carbonyl (C=O) groups excluding carboxylic acids is 1. The number of aliphatic carboxylic acids is 1. The molecule has 0 unspecified atom stereocenters. The van der Waals surface area contributed by atoms with Crippen LogP contribution in [0.25, 0.3) is 0 Å². The highest BCUT2D eigenvalue weighted by molar-refractivity contribution is 5.85. The Bertz CT molecular complexity index is 331. The van der Waals surface area contributed by atoms with Gasteiger partial charge in [0, 0.05) is 13.0 Å². The van der Waals surface area contributed by atoms with Crippen LogP contribution >= 0.6 is 0 Å². The predicted octanol–water partition coefficient (Wildman–Crippen LogP) is 3.74. The Hall–Kier alpha value is -1.06. The number of carboxylic acids is 1. The predicted molar refractivity (Wildman–Crippen MR) is 84.1 cm³/mol. The van der Waals surface area contributed by atoms with Crippen molar-refractivity contribution in [2.24, 2.45) is 11.3 Å². The van der Waals surface area contributed by atoms with Gasteiger partial charge in [-0.15, -0.1) is 0 Å². The highest BCUT2D eigenvalue weighted by Crippen LogP contribution is 2.38. The van der Waals surface area contributed by atoms with Crippen LogP contribution in [0.4, 0.5) is 0 Å². The minimum Gasteiger partial charge on any atom is -0.481 e. The highest BCUT2D eigenvalue weighted by Gasteiger charge is 2.40. The van der Waals surface area contributed by atoms with E-state index >= 15 is 0 Å². The minimum absolute atomic E-state index is 0.0937. The molecule has 0 spiro atoms. The zero-order valence-corrected chi connectivity index (χ0v) is 13.6. The Morgan fingerprint density at radius 3 is 2.24 bits per heavy atom. The van der Waals surface area contributed by atoms with Gasteiger partial charge in [0.1, 0.15) is 0 Å². The fourth-order valence-electron chi connectivity index (χ4n) is 3.15. The largest absolute Gasteiger partial charge is 0.481 e. The number of nitrogens with one attached hydrogen (secondary N) is 1. The molecule has 0 radical (unpaired) electrons. The second-order valence-corrected chi connectivity index (χ2v) is 6.92. The lowest BCUT2D eigenvalue weighted by Gasteiger charge is -2.27. The lowest BCUT2D eigenvalue weighted by molar-refractivity contribution is -0.152. The molecule has 2 N–H and O–H groups in total. The van der Waals surface area contributed by atoms with Crippen molar-refractivity contribution >= 4 is 11.9 Å². The third-order valence-electron chi connectivity index (χ3n) is 4.54. The Kier molecular flexibility index (Phi) is 7.76. The number of amides is 1. The first-order chi connectivity index (χ1) is 9.96. The van der Waals surface area contributed by atoms with Gasteiger partial charge >= 0.3 is 5.97 Å². The summed E-state index contributed by atoms with van der Waals surface area (Å²) in [7, 11) is 0. The number of unbranched alkanes of at least 4 members (excludes halogenated alkanes) is 1. The van der Waals surface area contributed by atoms with E-state index in [-0.39, 0.29) is 12.3 Å². The Morgan fingerprint density at radius 2 is 1.71 bits per heavy atom. The minimum atomic E-state index is -0.821. The molecule has 122 valence electrons. The third-order valence-corrected chi connectivity index (χ3v) is 4.54.